The number of rotatable bonds is 4. The topological polar surface area (TPSA) is 62.5 Å². The van der Waals surface area contributed by atoms with Crippen molar-refractivity contribution < 1.29 is 0 Å². The number of aromatic nitrogens is 3. The fraction of sp³-hybridized carbons (Fsp3) is 0.389. The first-order valence-corrected chi connectivity index (χ1v) is 9.49. The first kappa shape index (κ1) is 16.2. The SMILES string of the molecule is CCc1cc(=O)n2nc(Nc3cccc4c3CCN(CC)C4)sc2n1. The van der Waals surface area contributed by atoms with Crippen LogP contribution in [0.5, 0.6) is 0 Å². The van der Waals surface area contributed by atoms with Crippen LogP contribution in [0.4, 0.5) is 10.8 Å². The average molecular weight is 355 g/mol. The molecular formula is C18H21N5OS. The largest absolute Gasteiger partial charge is 0.330 e. The molecule has 0 spiro atoms. The van der Waals surface area contributed by atoms with Gasteiger partial charge in [0.25, 0.3) is 5.56 Å². The van der Waals surface area contributed by atoms with E-state index in [0.29, 0.717) is 10.1 Å². The molecule has 1 N–H and O–H groups in total. The van der Waals surface area contributed by atoms with Crippen LogP contribution in [0.25, 0.3) is 4.96 Å². The van der Waals surface area contributed by atoms with Crippen LogP contribution in [0.2, 0.25) is 0 Å². The maximum Gasteiger partial charge on any atom is 0.275 e. The van der Waals surface area contributed by atoms with Crippen LogP contribution in [-0.2, 0) is 19.4 Å². The number of nitrogens with zero attached hydrogens (tertiary/aromatic N) is 4. The summed E-state index contributed by atoms with van der Waals surface area (Å²) in [6, 6.07) is 7.91. The first-order valence-electron chi connectivity index (χ1n) is 8.68. The third-order valence-corrected chi connectivity index (χ3v) is 5.52. The molecule has 1 aliphatic heterocycles. The summed E-state index contributed by atoms with van der Waals surface area (Å²) in [5.41, 5.74) is 4.47. The van der Waals surface area contributed by atoms with Crippen molar-refractivity contribution in [2.24, 2.45) is 0 Å². The standard InChI is InChI=1S/C18H21N5OS/c1-3-13-10-16(24)23-18(19-13)25-17(21-23)20-15-7-5-6-12-11-22(4-2)9-8-14(12)15/h5-7,10H,3-4,8-9,11H2,1-2H3,(H,20,21). The lowest BCUT2D eigenvalue weighted by atomic mass is 9.98. The lowest BCUT2D eigenvalue weighted by Gasteiger charge is -2.28. The Kier molecular flexibility index (Phi) is 4.27. The molecule has 6 nitrogen and oxygen atoms in total. The molecule has 1 aliphatic rings. The molecule has 0 aliphatic carbocycles. The van der Waals surface area contributed by atoms with Crippen LogP contribution in [0.15, 0.2) is 29.1 Å². The molecule has 130 valence electrons. The van der Waals surface area contributed by atoms with Gasteiger partial charge in [-0.05, 0) is 36.6 Å². The fourth-order valence-electron chi connectivity index (χ4n) is 3.26. The molecule has 3 aromatic rings. The lowest BCUT2D eigenvalue weighted by molar-refractivity contribution is 0.268. The Hall–Kier alpha value is -2.25. The number of hydrogen-bond acceptors (Lipinski definition) is 6. The van der Waals surface area contributed by atoms with E-state index in [1.165, 1.54) is 27.0 Å². The van der Waals surface area contributed by atoms with Crippen molar-refractivity contribution in [2.45, 2.75) is 33.2 Å². The molecule has 7 heteroatoms. The predicted octanol–water partition coefficient (Wildman–Crippen LogP) is 2.84. The number of likely N-dealkylation sites (N-methyl/N-ethyl adjacent to an activating group) is 1. The van der Waals surface area contributed by atoms with E-state index in [0.717, 1.165) is 43.9 Å². The Bertz CT molecular complexity index is 977. The van der Waals surface area contributed by atoms with Crippen LogP contribution in [0.1, 0.15) is 30.7 Å². The second kappa shape index (κ2) is 6.57. The Labute approximate surface area is 150 Å². The van der Waals surface area contributed by atoms with Crippen LogP contribution in [-0.4, -0.2) is 32.6 Å². The smallest absolute Gasteiger partial charge is 0.275 e. The molecule has 0 unspecified atom stereocenters. The third-order valence-electron chi connectivity index (χ3n) is 4.69. The number of fused-ring (bicyclic) bond motifs is 2. The molecule has 0 amide bonds. The molecule has 1 aromatic carbocycles. The highest BCUT2D eigenvalue weighted by molar-refractivity contribution is 7.20. The van der Waals surface area contributed by atoms with Crippen molar-refractivity contribution in [3.05, 3.63) is 51.4 Å². The minimum atomic E-state index is -0.125. The molecule has 0 bridgehead atoms. The molecule has 2 aromatic heterocycles. The van der Waals surface area contributed by atoms with E-state index in [9.17, 15) is 4.79 Å². The van der Waals surface area contributed by atoms with Crippen molar-refractivity contribution >= 4 is 27.1 Å². The van der Waals surface area contributed by atoms with Gasteiger partial charge in [-0.25, -0.2) is 4.98 Å². The highest BCUT2D eigenvalue weighted by Gasteiger charge is 2.18. The molecule has 0 fully saturated rings. The van der Waals surface area contributed by atoms with E-state index in [-0.39, 0.29) is 5.56 Å². The van der Waals surface area contributed by atoms with E-state index in [4.69, 9.17) is 0 Å². The first-order chi connectivity index (χ1) is 12.2. The second-order valence-electron chi connectivity index (χ2n) is 6.23. The van der Waals surface area contributed by atoms with Gasteiger partial charge in [-0.1, -0.05) is 37.3 Å². The zero-order chi connectivity index (χ0) is 17.4. The molecule has 3 heterocycles. The number of benzene rings is 1. The Morgan fingerprint density at radius 1 is 1.32 bits per heavy atom. The van der Waals surface area contributed by atoms with Gasteiger partial charge in [0.05, 0.1) is 0 Å². The Morgan fingerprint density at radius 2 is 2.20 bits per heavy atom. The molecule has 0 saturated heterocycles. The van der Waals surface area contributed by atoms with Gasteiger partial charge in [0.1, 0.15) is 0 Å². The van der Waals surface area contributed by atoms with E-state index < -0.39 is 0 Å². The summed E-state index contributed by atoms with van der Waals surface area (Å²) in [6.45, 7) is 7.33. The van der Waals surface area contributed by atoms with Crippen molar-refractivity contribution in [3.63, 3.8) is 0 Å². The molecular weight excluding hydrogens is 334 g/mol. The monoisotopic (exact) mass is 355 g/mol. The van der Waals surface area contributed by atoms with Crippen LogP contribution in [0.3, 0.4) is 0 Å². The summed E-state index contributed by atoms with van der Waals surface area (Å²) in [6.07, 6.45) is 1.77. The van der Waals surface area contributed by atoms with Crippen LogP contribution < -0.4 is 10.9 Å². The van der Waals surface area contributed by atoms with Crippen molar-refractivity contribution in [1.82, 2.24) is 19.5 Å². The third kappa shape index (κ3) is 3.05. The zero-order valence-corrected chi connectivity index (χ0v) is 15.3. The molecule has 4 rings (SSSR count). The molecule has 0 radical (unpaired) electrons. The quantitative estimate of drug-likeness (QED) is 0.780. The highest BCUT2D eigenvalue weighted by atomic mass is 32.1. The van der Waals surface area contributed by atoms with E-state index in [1.807, 2.05) is 6.92 Å². The van der Waals surface area contributed by atoms with E-state index >= 15 is 0 Å². The summed E-state index contributed by atoms with van der Waals surface area (Å²) in [5, 5.41) is 8.51. The summed E-state index contributed by atoms with van der Waals surface area (Å²) in [4.78, 5) is 19.7. The number of hydrogen-bond donors (Lipinski definition) is 1. The maximum absolute atomic E-state index is 12.2. The van der Waals surface area contributed by atoms with Crippen LogP contribution >= 0.6 is 11.3 Å². The number of nitrogens with one attached hydrogen (secondary N) is 1. The number of aryl methyl sites for hydroxylation is 1. The van der Waals surface area contributed by atoms with Gasteiger partial charge in [-0.2, -0.15) is 4.52 Å². The van der Waals surface area contributed by atoms with Gasteiger partial charge in [-0.15, -0.1) is 5.10 Å². The lowest BCUT2D eigenvalue weighted by Crippen LogP contribution is -2.30. The summed E-state index contributed by atoms with van der Waals surface area (Å²) in [5.74, 6) is 0. The maximum atomic E-state index is 12.2. The zero-order valence-electron chi connectivity index (χ0n) is 14.5. The average Bonchev–Trinajstić information content (AvgIpc) is 3.04. The van der Waals surface area contributed by atoms with Gasteiger partial charge >= 0.3 is 0 Å². The highest BCUT2D eigenvalue weighted by Crippen LogP contribution is 2.29. The molecule has 0 saturated carbocycles. The van der Waals surface area contributed by atoms with Gasteiger partial charge < -0.3 is 5.32 Å². The number of anilines is 2. The summed E-state index contributed by atoms with van der Waals surface area (Å²) >= 11 is 1.41. The summed E-state index contributed by atoms with van der Waals surface area (Å²) < 4.78 is 1.38. The van der Waals surface area contributed by atoms with Crippen LogP contribution in [0, 0.1) is 0 Å². The normalized spacial score (nSPS) is 14.6. The molecule has 25 heavy (non-hydrogen) atoms. The van der Waals surface area contributed by atoms with Crippen molar-refractivity contribution in [3.8, 4) is 0 Å². The fourth-order valence-corrected chi connectivity index (χ4v) is 4.09. The Balaban J connectivity index is 1.68. The Morgan fingerprint density at radius 3 is 3.00 bits per heavy atom. The minimum Gasteiger partial charge on any atom is -0.330 e. The van der Waals surface area contributed by atoms with E-state index in [1.54, 1.807) is 6.07 Å². The predicted molar refractivity (Wildman–Crippen MR) is 101 cm³/mol. The summed E-state index contributed by atoms with van der Waals surface area (Å²) in [7, 11) is 0. The van der Waals surface area contributed by atoms with Gasteiger partial charge in [0.2, 0.25) is 10.1 Å². The van der Waals surface area contributed by atoms with Crippen molar-refractivity contribution in [1.29, 1.82) is 0 Å². The van der Waals surface area contributed by atoms with Gasteiger partial charge in [0, 0.05) is 30.5 Å². The van der Waals surface area contributed by atoms with Crippen molar-refractivity contribution in [2.75, 3.05) is 18.4 Å². The van der Waals surface area contributed by atoms with Gasteiger partial charge in [0.15, 0.2) is 0 Å². The van der Waals surface area contributed by atoms with Gasteiger partial charge in [-0.3, -0.25) is 9.69 Å². The molecule has 0 atom stereocenters. The van der Waals surface area contributed by atoms with E-state index in [2.05, 4.69) is 45.4 Å². The minimum absolute atomic E-state index is 0.125. The second-order valence-corrected chi connectivity index (χ2v) is 7.18.